The van der Waals surface area contributed by atoms with E-state index in [1.54, 1.807) is 13.8 Å². The molecular formula is C16H24O6. The number of hydrogen-bond donors (Lipinski definition) is 2. The second-order valence-corrected chi connectivity index (χ2v) is 5.84. The van der Waals surface area contributed by atoms with Gasteiger partial charge in [0.05, 0.1) is 12.2 Å². The molecule has 1 aromatic rings. The zero-order valence-corrected chi connectivity index (χ0v) is 13.1. The molecule has 0 aromatic heterocycles. The molecular weight excluding hydrogens is 288 g/mol. The van der Waals surface area contributed by atoms with Gasteiger partial charge in [0.25, 0.3) is 0 Å². The number of benzene rings is 1. The van der Waals surface area contributed by atoms with Crippen LogP contribution in [-0.4, -0.2) is 54.3 Å². The first-order chi connectivity index (χ1) is 10.5. The second kappa shape index (κ2) is 7.50. The standard InChI is InChI=1S/C16H24O6/c1-16(2)14(19-3)13(12(17)15(18)22-16)21-10-20-9-11-7-5-4-6-8-11/h4-8,12-15,17-18H,9-10H2,1-3H3/t12-,13+,14-,15?/m1/s1. The van der Waals surface area contributed by atoms with Crippen molar-refractivity contribution in [3.05, 3.63) is 35.9 Å². The molecule has 0 amide bonds. The summed E-state index contributed by atoms with van der Waals surface area (Å²) in [6.07, 6.45) is -3.77. The van der Waals surface area contributed by atoms with E-state index in [1.165, 1.54) is 7.11 Å². The average Bonchev–Trinajstić information content (AvgIpc) is 2.49. The van der Waals surface area contributed by atoms with E-state index in [1.807, 2.05) is 30.3 Å². The lowest BCUT2D eigenvalue weighted by Gasteiger charge is -2.46. The van der Waals surface area contributed by atoms with Crippen LogP contribution in [0.15, 0.2) is 30.3 Å². The van der Waals surface area contributed by atoms with Crippen LogP contribution in [0.4, 0.5) is 0 Å². The van der Waals surface area contributed by atoms with Crippen LogP contribution in [0.3, 0.4) is 0 Å². The third kappa shape index (κ3) is 4.04. The molecule has 1 aromatic carbocycles. The first-order valence-electron chi connectivity index (χ1n) is 7.25. The SMILES string of the molecule is CO[C@@H]1[C@@H](OCOCc2ccccc2)[C@@H](O)C(O)OC1(C)C. The molecule has 0 saturated carbocycles. The van der Waals surface area contributed by atoms with Gasteiger partial charge in [0, 0.05) is 7.11 Å². The molecule has 1 aliphatic heterocycles. The maximum Gasteiger partial charge on any atom is 0.184 e. The number of aliphatic hydroxyl groups excluding tert-OH is 2. The van der Waals surface area contributed by atoms with Gasteiger partial charge >= 0.3 is 0 Å². The lowest BCUT2D eigenvalue weighted by Crippen LogP contribution is -2.63. The average molecular weight is 312 g/mol. The van der Waals surface area contributed by atoms with Gasteiger partial charge in [-0.15, -0.1) is 0 Å². The minimum Gasteiger partial charge on any atom is -0.385 e. The van der Waals surface area contributed by atoms with E-state index in [9.17, 15) is 10.2 Å². The Bertz CT molecular complexity index is 449. The van der Waals surface area contributed by atoms with Crippen LogP contribution < -0.4 is 0 Å². The Morgan fingerprint density at radius 3 is 2.50 bits per heavy atom. The minimum atomic E-state index is -1.32. The van der Waals surface area contributed by atoms with Crippen LogP contribution in [-0.2, 0) is 25.6 Å². The number of ether oxygens (including phenoxy) is 4. The number of rotatable bonds is 6. The van der Waals surface area contributed by atoms with E-state index >= 15 is 0 Å². The predicted octanol–water partition coefficient (Wildman–Crippen LogP) is 1.05. The molecule has 1 aliphatic rings. The van der Waals surface area contributed by atoms with Crippen molar-refractivity contribution >= 4 is 0 Å². The molecule has 1 saturated heterocycles. The van der Waals surface area contributed by atoms with Gasteiger partial charge in [0.1, 0.15) is 25.1 Å². The zero-order chi connectivity index (χ0) is 16.2. The Labute approximate surface area is 130 Å². The molecule has 0 spiro atoms. The molecule has 0 bridgehead atoms. The summed E-state index contributed by atoms with van der Waals surface area (Å²) in [5.74, 6) is 0. The minimum absolute atomic E-state index is 0.0146. The van der Waals surface area contributed by atoms with Crippen LogP contribution in [0.1, 0.15) is 19.4 Å². The van der Waals surface area contributed by atoms with E-state index in [-0.39, 0.29) is 6.79 Å². The Kier molecular flexibility index (Phi) is 5.91. The fraction of sp³-hybridized carbons (Fsp3) is 0.625. The number of methoxy groups -OCH3 is 1. The van der Waals surface area contributed by atoms with E-state index in [4.69, 9.17) is 18.9 Å². The summed E-state index contributed by atoms with van der Waals surface area (Å²) in [6.45, 7) is 3.94. The molecule has 6 heteroatoms. The van der Waals surface area contributed by atoms with Gasteiger partial charge in [-0.1, -0.05) is 30.3 Å². The van der Waals surface area contributed by atoms with Gasteiger partial charge in [-0.3, -0.25) is 0 Å². The van der Waals surface area contributed by atoms with Crippen molar-refractivity contribution in [2.24, 2.45) is 0 Å². The molecule has 1 unspecified atom stereocenters. The molecule has 22 heavy (non-hydrogen) atoms. The van der Waals surface area contributed by atoms with Gasteiger partial charge in [-0.05, 0) is 19.4 Å². The highest BCUT2D eigenvalue weighted by Crippen LogP contribution is 2.32. The van der Waals surface area contributed by atoms with Crippen molar-refractivity contribution in [2.45, 2.75) is 50.7 Å². The molecule has 124 valence electrons. The van der Waals surface area contributed by atoms with Crippen LogP contribution in [0.25, 0.3) is 0 Å². The van der Waals surface area contributed by atoms with Crippen LogP contribution in [0.5, 0.6) is 0 Å². The topological polar surface area (TPSA) is 77.4 Å². The van der Waals surface area contributed by atoms with Crippen molar-refractivity contribution in [1.82, 2.24) is 0 Å². The van der Waals surface area contributed by atoms with E-state index in [0.29, 0.717) is 6.61 Å². The molecule has 0 aliphatic carbocycles. The van der Waals surface area contributed by atoms with Gasteiger partial charge in [0.15, 0.2) is 6.29 Å². The molecule has 1 heterocycles. The third-order valence-corrected chi connectivity index (χ3v) is 3.75. The quantitative estimate of drug-likeness (QED) is 0.604. The molecule has 0 radical (unpaired) electrons. The number of hydrogen-bond acceptors (Lipinski definition) is 6. The van der Waals surface area contributed by atoms with Crippen LogP contribution in [0, 0.1) is 0 Å². The second-order valence-electron chi connectivity index (χ2n) is 5.84. The van der Waals surface area contributed by atoms with Crippen molar-refractivity contribution < 1.29 is 29.2 Å². The smallest absolute Gasteiger partial charge is 0.184 e. The highest BCUT2D eigenvalue weighted by Gasteiger charge is 2.50. The first-order valence-corrected chi connectivity index (χ1v) is 7.25. The van der Waals surface area contributed by atoms with Crippen molar-refractivity contribution in [3.8, 4) is 0 Å². The fourth-order valence-electron chi connectivity index (χ4n) is 2.65. The lowest BCUT2D eigenvalue weighted by atomic mass is 9.89. The molecule has 2 N–H and O–H groups in total. The summed E-state index contributed by atoms with van der Waals surface area (Å²) in [4.78, 5) is 0. The van der Waals surface area contributed by atoms with Crippen molar-refractivity contribution in [1.29, 1.82) is 0 Å². The summed E-state index contributed by atoms with van der Waals surface area (Å²) in [7, 11) is 1.52. The van der Waals surface area contributed by atoms with Crippen molar-refractivity contribution in [3.63, 3.8) is 0 Å². The summed E-state index contributed by atoms with van der Waals surface area (Å²) >= 11 is 0. The van der Waals surface area contributed by atoms with Crippen LogP contribution in [0.2, 0.25) is 0 Å². The van der Waals surface area contributed by atoms with E-state index in [2.05, 4.69) is 0 Å². The Morgan fingerprint density at radius 1 is 1.18 bits per heavy atom. The Hall–Kier alpha value is -1.02. The Morgan fingerprint density at radius 2 is 1.86 bits per heavy atom. The fourth-order valence-corrected chi connectivity index (χ4v) is 2.65. The van der Waals surface area contributed by atoms with Gasteiger partial charge in [0.2, 0.25) is 0 Å². The Balaban J connectivity index is 1.88. The molecule has 2 rings (SSSR count). The molecule has 4 atom stereocenters. The van der Waals surface area contributed by atoms with E-state index in [0.717, 1.165) is 5.56 Å². The highest BCUT2D eigenvalue weighted by atomic mass is 16.7. The number of aliphatic hydroxyl groups is 2. The maximum atomic E-state index is 10.1. The third-order valence-electron chi connectivity index (χ3n) is 3.75. The summed E-state index contributed by atoms with van der Waals surface area (Å²) in [5, 5.41) is 19.8. The van der Waals surface area contributed by atoms with Gasteiger partial charge < -0.3 is 29.2 Å². The van der Waals surface area contributed by atoms with Gasteiger partial charge in [-0.25, -0.2) is 0 Å². The summed E-state index contributed by atoms with van der Waals surface area (Å²) < 4.78 is 21.8. The summed E-state index contributed by atoms with van der Waals surface area (Å²) in [5.41, 5.74) is 0.250. The van der Waals surface area contributed by atoms with E-state index < -0.39 is 30.2 Å². The summed E-state index contributed by atoms with van der Waals surface area (Å²) in [6, 6.07) is 9.70. The van der Waals surface area contributed by atoms with Gasteiger partial charge in [-0.2, -0.15) is 0 Å². The monoisotopic (exact) mass is 312 g/mol. The normalized spacial score (nSPS) is 31.1. The largest absolute Gasteiger partial charge is 0.385 e. The van der Waals surface area contributed by atoms with Crippen molar-refractivity contribution in [2.75, 3.05) is 13.9 Å². The predicted molar refractivity (Wildman–Crippen MR) is 78.9 cm³/mol. The zero-order valence-electron chi connectivity index (χ0n) is 13.1. The lowest BCUT2D eigenvalue weighted by molar-refractivity contribution is -0.328. The molecule has 1 fully saturated rings. The van der Waals surface area contributed by atoms with Crippen LogP contribution >= 0.6 is 0 Å². The molecule has 6 nitrogen and oxygen atoms in total. The maximum absolute atomic E-state index is 10.1. The first kappa shape index (κ1) is 17.3. The highest BCUT2D eigenvalue weighted by molar-refractivity contribution is 5.13.